The number of nitroso groups, excluding NO2 is 1. The molecule has 7 nitrogen and oxygen atoms in total. The van der Waals surface area contributed by atoms with Crippen molar-refractivity contribution in [2.45, 2.75) is 0 Å². The van der Waals surface area contributed by atoms with Gasteiger partial charge in [0.2, 0.25) is 5.69 Å². The molecule has 0 saturated heterocycles. The summed E-state index contributed by atoms with van der Waals surface area (Å²) in [5, 5.41) is 2.19. The number of aromatic nitrogens is 2. The number of nitrogens with two attached hydrogens (primary N) is 1. The van der Waals surface area contributed by atoms with Gasteiger partial charge in [-0.2, -0.15) is 0 Å². The largest absolute Gasteiger partial charge is 0.383 e. The molecule has 13 heavy (non-hydrogen) atoms. The second-order valence-corrected chi connectivity index (χ2v) is 2.08. The molecule has 0 saturated carbocycles. The molecular formula is C6H8N4O3. The molecule has 0 atom stereocenters. The Morgan fingerprint density at radius 1 is 1.38 bits per heavy atom. The number of nitrogen functional groups attached to an aromatic ring is 1. The minimum Gasteiger partial charge on any atom is -0.383 e. The summed E-state index contributed by atoms with van der Waals surface area (Å²) >= 11 is 0. The Bertz CT molecular complexity index is 639. The minimum absolute atomic E-state index is 0.141. The van der Waals surface area contributed by atoms with Gasteiger partial charge in [-0.1, -0.05) is 0 Å². The highest BCUT2D eigenvalue weighted by atomic mass is 16.3. The highest BCUT2D eigenvalue weighted by Crippen LogP contribution is 2.11. The molecule has 0 aliphatic heterocycles. The molecule has 1 aromatic heterocycles. The van der Waals surface area contributed by atoms with E-state index in [4.69, 9.17) is 14.0 Å². The van der Waals surface area contributed by atoms with Crippen LogP contribution < -0.4 is 17.0 Å². The molecule has 0 aliphatic rings. The summed E-state index contributed by atoms with van der Waals surface area (Å²) in [4.78, 5) is 33.8. The van der Waals surface area contributed by atoms with Crippen molar-refractivity contribution in [1.82, 2.24) is 9.13 Å². The summed E-state index contributed by atoms with van der Waals surface area (Å²) in [6.07, 6.45) is 0. The van der Waals surface area contributed by atoms with E-state index in [1.807, 2.05) is 0 Å². The lowest BCUT2D eigenvalue weighted by Crippen LogP contribution is -2.37. The van der Waals surface area contributed by atoms with Crippen LogP contribution in [0.4, 0.5) is 11.5 Å². The van der Waals surface area contributed by atoms with Crippen LogP contribution in [0.25, 0.3) is 0 Å². The molecule has 0 aliphatic carbocycles. The van der Waals surface area contributed by atoms with E-state index in [1.54, 1.807) is 0 Å². The number of anilines is 1. The maximum atomic E-state index is 11.8. The first-order chi connectivity index (χ1) is 8.42. The quantitative estimate of drug-likeness (QED) is 0.578. The standard InChI is InChI=1S/C6H8N4O3/c1-9-4(7)3(8-13)5(11)10(2)6(9)12/h7H2,1-2H3/i1D3,2D3. The van der Waals surface area contributed by atoms with E-state index in [-0.39, 0.29) is 9.13 Å². The summed E-state index contributed by atoms with van der Waals surface area (Å²) in [6, 6.07) is 0. The third kappa shape index (κ3) is 1.13. The van der Waals surface area contributed by atoms with Crippen molar-refractivity contribution in [3.05, 3.63) is 25.7 Å². The number of hydrogen-bond donors (Lipinski definition) is 1. The maximum Gasteiger partial charge on any atom is 0.332 e. The Morgan fingerprint density at radius 2 is 2.00 bits per heavy atom. The SMILES string of the molecule is [2H]C([2H])([2H])n1c(N)c(N=O)c(=O)n(C([2H])([2H])[2H])c1=O. The van der Waals surface area contributed by atoms with Crippen LogP contribution in [0.1, 0.15) is 8.22 Å². The van der Waals surface area contributed by atoms with E-state index in [2.05, 4.69) is 5.18 Å². The highest BCUT2D eigenvalue weighted by Gasteiger charge is 2.12. The van der Waals surface area contributed by atoms with E-state index in [0.717, 1.165) is 0 Å². The predicted octanol–water partition coefficient (Wildman–Crippen LogP) is -0.936. The van der Waals surface area contributed by atoms with Gasteiger partial charge in [-0.15, -0.1) is 4.91 Å². The molecule has 0 radical (unpaired) electrons. The summed E-state index contributed by atoms with van der Waals surface area (Å²) in [5.41, 5.74) is 0.817. The third-order valence-electron chi connectivity index (χ3n) is 1.36. The van der Waals surface area contributed by atoms with Gasteiger partial charge in [-0.25, -0.2) is 4.79 Å². The highest BCUT2D eigenvalue weighted by molar-refractivity contribution is 5.55. The van der Waals surface area contributed by atoms with Crippen LogP contribution in [-0.2, 0) is 14.0 Å². The van der Waals surface area contributed by atoms with Gasteiger partial charge < -0.3 is 5.73 Å². The Labute approximate surface area is 80.8 Å². The van der Waals surface area contributed by atoms with Crippen LogP contribution in [0.15, 0.2) is 14.8 Å². The number of hydrogen-bond acceptors (Lipinski definition) is 5. The molecule has 0 aromatic carbocycles. The summed E-state index contributed by atoms with van der Waals surface area (Å²) in [7, 11) is 0. The van der Waals surface area contributed by atoms with Crippen LogP contribution in [0.5, 0.6) is 0 Å². The van der Waals surface area contributed by atoms with Crippen LogP contribution in [-0.4, -0.2) is 9.13 Å². The van der Waals surface area contributed by atoms with E-state index >= 15 is 0 Å². The predicted molar refractivity (Wildman–Crippen MR) is 46.8 cm³/mol. The fourth-order valence-electron chi connectivity index (χ4n) is 0.697. The zero-order valence-electron chi connectivity index (χ0n) is 12.1. The summed E-state index contributed by atoms with van der Waals surface area (Å²) in [5.74, 6) is -1.01. The van der Waals surface area contributed by atoms with Gasteiger partial charge in [0, 0.05) is 22.2 Å². The topological polar surface area (TPSA) is 99.4 Å². The van der Waals surface area contributed by atoms with Gasteiger partial charge in [0.05, 0.1) is 0 Å². The van der Waals surface area contributed by atoms with E-state index < -0.39 is 36.7 Å². The Kier molecular flexibility index (Phi) is 0.846. The molecule has 1 rings (SSSR count). The minimum atomic E-state index is -3.27. The molecule has 0 bridgehead atoms. The lowest BCUT2D eigenvalue weighted by atomic mass is 10.4. The normalized spacial score (nSPS) is 18.8. The van der Waals surface area contributed by atoms with Crippen molar-refractivity contribution in [3.63, 3.8) is 0 Å². The van der Waals surface area contributed by atoms with Gasteiger partial charge in [-0.05, 0) is 5.18 Å². The van der Waals surface area contributed by atoms with Gasteiger partial charge in [0.1, 0.15) is 5.82 Å². The number of rotatable bonds is 1. The fraction of sp³-hybridized carbons (Fsp3) is 0.333. The lowest BCUT2D eigenvalue weighted by Gasteiger charge is -2.05. The molecule has 0 fully saturated rings. The maximum absolute atomic E-state index is 11.8. The van der Waals surface area contributed by atoms with Crippen LogP contribution in [0.2, 0.25) is 0 Å². The zero-order valence-corrected chi connectivity index (χ0v) is 6.14. The molecule has 1 aromatic rings. The van der Waals surface area contributed by atoms with Crippen molar-refractivity contribution in [2.75, 3.05) is 5.73 Å². The van der Waals surface area contributed by atoms with Crippen molar-refractivity contribution >= 4 is 11.5 Å². The smallest absolute Gasteiger partial charge is 0.332 e. The fourth-order valence-corrected chi connectivity index (χ4v) is 0.697. The summed E-state index contributed by atoms with van der Waals surface area (Å²) in [6.45, 7) is -6.43. The first kappa shape index (κ1) is 3.86. The van der Waals surface area contributed by atoms with Crippen molar-refractivity contribution in [1.29, 1.82) is 0 Å². The molecule has 7 heteroatoms. The van der Waals surface area contributed by atoms with E-state index in [0.29, 0.717) is 0 Å². The molecule has 0 spiro atoms. The van der Waals surface area contributed by atoms with Gasteiger partial charge in [-0.3, -0.25) is 13.9 Å². The third-order valence-corrected chi connectivity index (χ3v) is 1.36. The average molecular weight is 190 g/mol. The molecule has 2 N–H and O–H groups in total. The van der Waals surface area contributed by atoms with E-state index in [1.165, 1.54) is 0 Å². The van der Waals surface area contributed by atoms with E-state index in [9.17, 15) is 14.5 Å². The second kappa shape index (κ2) is 2.85. The van der Waals surface area contributed by atoms with Crippen molar-refractivity contribution in [2.24, 2.45) is 19.1 Å². The Balaban J connectivity index is 4.06. The molecule has 0 unspecified atom stereocenters. The van der Waals surface area contributed by atoms with Gasteiger partial charge in [0.15, 0.2) is 0 Å². The molecule has 70 valence electrons. The monoisotopic (exact) mass is 190 g/mol. The Morgan fingerprint density at radius 3 is 2.46 bits per heavy atom. The number of nitrogens with zero attached hydrogens (tertiary/aromatic N) is 3. The van der Waals surface area contributed by atoms with Crippen molar-refractivity contribution < 1.29 is 8.22 Å². The van der Waals surface area contributed by atoms with Crippen molar-refractivity contribution in [3.8, 4) is 0 Å². The van der Waals surface area contributed by atoms with Crippen LogP contribution in [0.3, 0.4) is 0 Å². The van der Waals surface area contributed by atoms with Gasteiger partial charge >= 0.3 is 5.69 Å². The molecular weight excluding hydrogens is 176 g/mol. The first-order valence-corrected chi connectivity index (χ1v) is 2.94. The van der Waals surface area contributed by atoms with Gasteiger partial charge in [0.25, 0.3) is 5.56 Å². The van der Waals surface area contributed by atoms with Crippen LogP contribution >= 0.6 is 0 Å². The lowest BCUT2D eigenvalue weighted by molar-refractivity contribution is 0.695. The summed E-state index contributed by atoms with van der Waals surface area (Å²) < 4.78 is 41.8. The average Bonchev–Trinajstić information content (AvgIpc) is 2.12. The first-order valence-electron chi connectivity index (χ1n) is 5.94. The Hall–Kier alpha value is -1.92. The zero-order chi connectivity index (χ0) is 15.2. The molecule has 1 heterocycles. The second-order valence-electron chi connectivity index (χ2n) is 2.08. The van der Waals surface area contributed by atoms with Crippen LogP contribution in [0, 0.1) is 4.91 Å². The molecule has 0 amide bonds.